The van der Waals surface area contributed by atoms with E-state index in [1.807, 2.05) is 0 Å². The molecule has 12 aromatic rings. The third-order valence-electron chi connectivity index (χ3n) is 11.6. The summed E-state index contributed by atoms with van der Waals surface area (Å²) in [5.41, 5.74) is 9.66. The van der Waals surface area contributed by atoms with Crippen LogP contribution in [0.15, 0.2) is 194 Å². The molecule has 0 aliphatic rings. The van der Waals surface area contributed by atoms with Crippen molar-refractivity contribution in [2.24, 2.45) is 0 Å². The van der Waals surface area contributed by atoms with Gasteiger partial charge in [0.2, 0.25) is 0 Å². The average Bonchev–Trinajstić information content (AvgIpc) is 3.75. The first kappa shape index (κ1) is 29.4. The van der Waals surface area contributed by atoms with Crippen molar-refractivity contribution in [3.63, 3.8) is 0 Å². The molecule has 0 atom stereocenters. The molecule has 2 heteroatoms. The Kier molecular flexibility index (Phi) is 6.09. The molecule has 2 heterocycles. The average molecular weight is 685 g/mol. The van der Waals surface area contributed by atoms with Crippen LogP contribution in [0.3, 0.4) is 0 Å². The molecule has 2 nitrogen and oxygen atoms in total. The first-order valence-electron chi connectivity index (χ1n) is 18.7. The second kappa shape index (κ2) is 11.2. The number of nitrogens with zero attached hydrogens (tertiary/aromatic N) is 2. The standard InChI is InChI=1S/C52H32N2/c1-2-13-35-29-39(26-23-33(35)11-1)53-47-19-9-7-16-42(47)45-30-36(24-27-49(45)53)37-25-28-50-46(31-37)43-17-8-10-20-48(43)54(50)51-32-38-22-21-34-12-3-4-14-40(34)52(38)44-18-6-5-15-41(44)51/h1-32H. The number of aromatic nitrogens is 2. The van der Waals surface area contributed by atoms with Crippen molar-refractivity contribution in [1.29, 1.82) is 0 Å². The lowest BCUT2D eigenvalue weighted by Crippen LogP contribution is -1.96. The largest absolute Gasteiger partial charge is 0.309 e. The first-order valence-corrected chi connectivity index (χ1v) is 18.7. The highest BCUT2D eigenvalue weighted by atomic mass is 15.0. The zero-order chi connectivity index (χ0) is 35.3. The predicted molar refractivity (Wildman–Crippen MR) is 231 cm³/mol. The van der Waals surface area contributed by atoms with Crippen LogP contribution in [0.5, 0.6) is 0 Å². The lowest BCUT2D eigenvalue weighted by molar-refractivity contribution is 1.19. The number of hydrogen-bond donors (Lipinski definition) is 0. The van der Waals surface area contributed by atoms with Crippen LogP contribution in [-0.4, -0.2) is 9.13 Å². The molecule has 0 unspecified atom stereocenters. The van der Waals surface area contributed by atoms with Gasteiger partial charge in [0, 0.05) is 32.6 Å². The van der Waals surface area contributed by atoms with Crippen molar-refractivity contribution >= 4 is 86.7 Å². The van der Waals surface area contributed by atoms with Crippen LogP contribution in [0.25, 0.3) is 109 Å². The Balaban J connectivity index is 1.07. The van der Waals surface area contributed by atoms with Crippen molar-refractivity contribution in [2.45, 2.75) is 0 Å². The number of rotatable bonds is 3. The highest BCUT2D eigenvalue weighted by Crippen LogP contribution is 2.42. The summed E-state index contributed by atoms with van der Waals surface area (Å²) in [6, 6.07) is 71.6. The van der Waals surface area contributed by atoms with Crippen molar-refractivity contribution in [1.82, 2.24) is 9.13 Å². The summed E-state index contributed by atoms with van der Waals surface area (Å²) in [5.74, 6) is 0. The van der Waals surface area contributed by atoms with Gasteiger partial charge in [0.1, 0.15) is 0 Å². The maximum absolute atomic E-state index is 2.48. The summed E-state index contributed by atoms with van der Waals surface area (Å²) in [7, 11) is 0. The van der Waals surface area contributed by atoms with Gasteiger partial charge in [-0.1, -0.05) is 140 Å². The molecule has 0 saturated heterocycles. The Labute approximate surface area is 311 Å². The van der Waals surface area contributed by atoms with E-state index < -0.39 is 0 Å². The Hall–Kier alpha value is -7.16. The van der Waals surface area contributed by atoms with E-state index in [-0.39, 0.29) is 0 Å². The van der Waals surface area contributed by atoms with E-state index in [4.69, 9.17) is 0 Å². The molecule has 0 saturated carbocycles. The molecule has 0 aliphatic carbocycles. The molecular formula is C52H32N2. The van der Waals surface area contributed by atoms with Gasteiger partial charge in [-0.15, -0.1) is 0 Å². The fraction of sp³-hybridized carbons (Fsp3) is 0. The first-order chi connectivity index (χ1) is 26.8. The van der Waals surface area contributed by atoms with E-state index in [0.29, 0.717) is 0 Å². The summed E-state index contributed by atoms with van der Waals surface area (Å²) in [4.78, 5) is 0. The Morgan fingerprint density at radius 2 is 0.759 bits per heavy atom. The van der Waals surface area contributed by atoms with Crippen LogP contribution in [0.1, 0.15) is 0 Å². The van der Waals surface area contributed by atoms with E-state index >= 15 is 0 Å². The van der Waals surface area contributed by atoms with Gasteiger partial charge in [0.25, 0.3) is 0 Å². The molecule has 0 amide bonds. The monoisotopic (exact) mass is 684 g/mol. The SMILES string of the molecule is c1ccc2cc(-n3c4ccccc4c4cc(-c5ccc6c(c5)c5ccccc5n6-c5cc6ccc7ccccc7c6c6ccccc56)ccc43)ccc2c1. The van der Waals surface area contributed by atoms with Crippen LogP contribution in [-0.2, 0) is 0 Å². The van der Waals surface area contributed by atoms with Crippen LogP contribution >= 0.6 is 0 Å². The van der Waals surface area contributed by atoms with Crippen molar-refractivity contribution in [3.05, 3.63) is 194 Å². The molecule has 10 aromatic carbocycles. The molecule has 0 fully saturated rings. The van der Waals surface area contributed by atoms with E-state index in [1.165, 1.54) is 109 Å². The van der Waals surface area contributed by atoms with Gasteiger partial charge >= 0.3 is 0 Å². The zero-order valence-electron chi connectivity index (χ0n) is 29.4. The van der Waals surface area contributed by atoms with Crippen LogP contribution in [0, 0.1) is 0 Å². The molecule has 0 bridgehead atoms. The summed E-state index contributed by atoms with van der Waals surface area (Å²) in [5, 5.41) is 15.2. The molecule has 0 aliphatic heterocycles. The molecule has 2 aromatic heterocycles. The quantitative estimate of drug-likeness (QED) is 0.164. The summed E-state index contributed by atoms with van der Waals surface area (Å²) in [6.45, 7) is 0. The predicted octanol–water partition coefficient (Wildman–Crippen LogP) is 14.2. The van der Waals surface area contributed by atoms with E-state index in [1.54, 1.807) is 0 Å². The van der Waals surface area contributed by atoms with Gasteiger partial charge in [0.05, 0.1) is 27.8 Å². The second-order valence-corrected chi connectivity index (χ2v) is 14.5. The van der Waals surface area contributed by atoms with Crippen LogP contribution < -0.4 is 0 Å². The number of benzene rings is 10. The molecule has 0 spiro atoms. The van der Waals surface area contributed by atoms with Crippen LogP contribution in [0.2, 0.25) is 0 Å². The maximum Gasteiger partial charge on any atom is 0.0546 e. The summed E-state index contributed by atoms with van der Waals surface area (Å²) >= 11 is 0. The third-order valence-corrected chi connectivity index (χ3v) is 11.6. The molecular weight excluding hydrogens is 653 g/mol. The number of para-hydroxylation sites is 2. The van der Waals surface area contributed by atoms with Crippen molar-refractivity contribution < 1.29 is 0 Å². The zero-order valence-corrected chi connectivity index (χ0v) is 29.4. The minimum atomic E-state index is 1.18. The fourth-order valence-electron chi connectivity index (χ4n) is 9.20. The molecule has 12 rings (SSSR count). The second-order valence-electron chi connectivity index (χ2n) is 14.5. The lowest BCUT2D eigenvalue weighted by Gasteiger charge is -2.16. The Morgan fingerprint density at radius 3 is 1.48 bits per heavy atom. The van der Waals surface area contributed by atoms with Gasteiger partial charge in [-0.25, -0.2) is 0 Å². The van der Waals surface area contributed by atoms with E-state index in [2.05, 4.69) is 203 Å². The third kappa shape index (κ3) is 4.17. The van der Waals surface area contributed by atoms with Gasteiger partial charge < -0.3 is 9.13 Å². The van der Waals surface area contributed by atoms with Crippen molar-refractivity contribution in [2.75, 3.05) is 0 Å². The van der Waals surface area contributed by atoms with Crippen LogP contribution in [0.4, 0.5) is 0 Å². The highest BCUT2D eigenvalue weighted by Gasteiger charge is 2.18. The summed E-state index contributed by atoms with van der Waals surface area (Å²) < 4.78 is 4.89. The smallest absolute Gasteiger partial charge is 0.0546 e. The van der Waals surface area contributed by atoms with E-state index in [9.17, 15) is 0 Å². The Morgan fingerprint density at radius 1 is 0.259 bits per heavy atom. The van der Waals surface area contributed by atoms with Crippen molar-refractivity contribution in [3.8, 4) is 22.5 Å². The van der Waals surface area contributed by atoms with Gasteiger partial charge in [-0.2, -0.15) is 0 Å². The Bertz CT molecular complexity index is 3510. The number of hydrogen-bond acceptors (Lipinski definition) is 0. The molecule has 0 radical (unpaired) electrons. The minimum Gasteiger partial charge on any atom is -0.309 e. The molecule has 250 valence electrons. The van der Waals surface area contributed by atoms with Gasteiger partial charge in [-0.3, -0.25) is 0 Å². The maximum atomic E-state index is 2.48. The summed E-state index contributed by atoms with van der Waals surface area (Å²) in [6.07, 6.45) is 0. The minimum absolute atomic E-state index is 1.18. The van der Waals surface area contributed by atoms with Gasteiger partial charge in [-0.05, 0) is 103 Å². The lowest BCUT2D eigenvalue weighted by atomic mass is 9.95. The topological polar surface area (TPSA) is 9.86 Å². The number of fused-ring (bicyclic) bond motifs is 12. The fourth-order valence-corrected chi connectivity index (χ4v) is 9.20. The normalized spacial score (nSPS) is 12.1. The highest BCUT2D eigenvalue weighted by molar-refractivity contribution is 6.23. The molecule has 0 N–H and O–H groups in total. The molecule has 54 heavy (non-hydrogen) atoms. The van der Waals surface area contributed by atoms with E-state index in [0.717, 1.165) is 0 Å². The van der Waals surface area contributed by atoms with Gasteiger partial charge in [0.15, 0.2) is 0 Å².